The second kappa shape index (κ2) is 8.29. The van der Waals surface area contributed by atoms with Crippen LogP contribution in [0.25, 0.3) is 33.4 Å². The molecule has 9 heteroatoms. The van der Waals surface area contributed by atoms with E-state index >= 15 is 0 Å². The summed E-state index contributed by atoms with van der Waals surface area (Å²) < 4.78 is 6.83. The predicted molar refractivity (Wildman–Crippen MR) is 124 cm³/mol. The Hall–Kier alpha value is -3.36. The fourth-order valence-electron chi connectivity index (χ4n) is 3.71. The monoisotopic (exact) mass is 448 g/mol. The van der Waals surface area contributed by atoms with Crippen LogP contribution >= 0.6 is 11.6 Å². The Labute approximate surface area is 189 Å². The number of pyridine rings is 1. The van der Waals surface area contributed by atoms with Crippen LogP contribution in [-0.2, 0) is 11.3 Å². The van der Waals surface area contributed by atoms with Crippen molar-refractivity contribution >= 4 is 28.6 Å². The lowest BCUT2D eigenvalue weighted by Gasteiger charge is -2.26. The first-order valence-electron chi connectivity index (χ1n) is 10.4. The smallest absolute Gasteiger partial charge is 0.260 e. The van der Waals surface area contributed by atoms with Crippen molar-refractivity contribution in [2.24, 2.45) is 0 Å². The molecule has 3 aromatic heterocycles. The van der Waals surface area contributed by atoms with Gasteiger partial charge < -0.3 is 10.1 Å². The lowest BCUT2D eigenvalue weighted by atomic mass is 10.0. The zero-order chi connectivity index (χ0) is 22.2. The third-order valence-electron chi connectivity index (χ3n) is 5.42. The topological polar surface area (TPSA) is 94.8 Å². The molecule has 1 aromatic carbocycles. The average Bonchev–Trinajstić information content (AvgIpc) is 2.76. The highest BCUT2D eigenvalue weighted by molar-refractivity contribution is 6.33. The van der Waals surface area contributed by atoms with E-state index in [0.717, 1.165) is 22.3 Å². The average molecular weight is 449 g/mol. The van der Waals surface area contributed by atoms with Crippen molar-refractivity contribution in [3.05, 3.63) is 63.9 Å². The fourth-order valence-corrected chi connectivity index (χ4v) is 3.99. The molecule has 162 valence electrons. The number of fused-ring (bicyclic) bond motifs is 1. The van der Waals surface area contributed by atoms with E-state index in [2.05, 4.69) is 25.3 Å². The van der Waals surface area contributed by atoms with E-state index in [-0.39, 0.29) is 11.6 Å². The molecule has 1 aliphatic rings. The highest BCUT2D eigenvalue weighted by Crippen LogP contribution is 2.31. The van der Waals surface area contributed by atoms with Gasteiger partial charge in [0.1, 0.15) is 5.65 Å². The molecule has 0 aliphatic carbocycles. The van der Waals surface area contributed by atoms with Crippen molar-refractivity contribution in [2.45, 2.75) is 26.4 Å². The lowest BCUT2D eigenvalue weighted by molar-refractivity contribution is 0.0208. The standard InChI is InChI=1S/C23H21ClN6O2/c1-3-30-21-15(9-26-23(29-21)28-16-11-32-12-16)6-18(22(30)31)17-5-4-14(7-19(17)24)20-10-25-8-13(2)27-20/h4-10,16H,3,11-12H2,1-2H3,(H,26,28,29). The first-order valence-corrected chi connectivity index (χ1v) is 10.7. The van der Waals surface area contributed by atoms with Crippen LogP contribution in [0.2, 0.25) is 5.02 Å². The van der Waals surface area contributed by atoms with Crippen molar-refractivity contribution in [1.82, 2.24) is 24.5 Å². The SMILES string of the molecule is CCn1c(=O)c(-c2ccc(-c3cncc(C)n3)cc2Cl)cc2cnc(NC3COC3)nc21. The maximum atomic E-state index is 13.3. The molecule has 0 saturated carbocycles. The molecule has 0 unspecified atom stereocenters. The molecule has 5 rings (SSSR count). The van der Waals surface area contributed by atoms with Gasteiger partial charge in [0.25, 0.3) is 5.56 Å². The van der Waals surface area contributed by atoms with Crippen LogP contribution in [0.5, 0.6) is 0 Å². The van der Waals surface area contributed by atoms with Crippen LogP contribution in [0, 0.1) is 6.92 Å². The zero-order valence-corrected chi connectivity index (χ0v) is 18.4. The first-order chi connectivity index (χ1) is 15.5. The van der Waals surface area contributed by atoms with E-state index in [4.69, 9.17) is 16.3 Å². The molecular formula is C23H21ClN6O2. The van der Waals surface area contributed by atoms with Gasteiger partial charge in [-0.3, -0.25) is 14.3 Å². The van der Waals surface area contributed by atoms with Gasteiger partial charge in [-0.05, 0) is 26.0 Å². The van der Waals surface area contributed by atoms with E-state index in [1.807, 2.05) is 32.0 Å². The number of ether oxygens (including phenoxy) is 1. The van der Waals surface area contributed by atoms with Crippen molar-refractivity contribution in [1.29, 1.82) is 0 Å². The number of benzene rings is 1. The third-order valence-corrected chi connectivity index (χ3v) is 5.74. The molecule has 1 fully saturated rings. The van der Waals surface area contributed by atoms with E-state index in [9.17, 15) is 4.79 Å². The minimum atomic E-state index is -0.151. The van der Waals surface area contributed by atoms with Crippen LogP contribution in [0.15, 0.2) is 47.7 Å². The van der Waals surface area contributed by atoms with Gasteiger partial charge in [-0.1, -0.05) is 23.7 Å². The Morgan fingerprint density at radius 3 is 2.69 bits per heavy atom. The Morgan fingerprint density at radius 1 is 1.16 bits per heavy atom. The van der Waals surface area contributed by atoms with Gasteiger partial charge in [0.05, 0.1) is 36.8 Å². The first kappa shape index (κ1) is 20.5. The largest absolute Gasteiger partial charge is 0.377 e. The molecule has 8 nitrogen and oxygen atoms in total. The number of halogens is 1. The Kier molecular flexibility index (Phi) is 5.32. The molecule has 0 radical (unpaired) electrons. The second-order valence-corrected chi connectivity index (χ2v) is 8.11. The van der Waals surface area contributed by atoms with E-state index < -0.39 is 0 Å². The van der Waals surface area contributed by atoms with Crippen molar-refractivity contribution < 1.29 is 4.74 Å². The van der Waals surface area contributed by atoms with Crippen molar-refractivity contribution in [3.63, 3.8) is 0 Å². The molecule has 1 aliphatic heterocycles. The number of aryl methyl sites for hydroxylation is 2. The number of aromatic nitrogens is 5. The molecule has 0 spiro atoms. The molecule has 4 aromatic rings. The predicted octanol–water partition coefficient (Wildman–Crippen LogP) is 3.71. The van der Waals surface area contributed by atoms with E-state index in [0.29, 0.717) is 47.5 Å². The quantitative estimate of drug-likeness (QED) is 0.497. The number of nitrogens with one attached hydrogen (secondary N) is 1. The van der Waals surface area contributed by atoms with Crippen LogP contribution < -0.4 is 10.9 Å². The molecular weight excluding hydrogens is 428 g/mol. The summed E-state index contributed by atoms with van der Waals surface area (Å²) in [5.41, 5.74) is 3.98. The number of hydrogen-bond donors (Lipinski definition) is 1. The molecule has 4 heterocycles. The lowest BCUT2D eigenvalue weighted by Crippen LogP contribution is -2.40. The molecule has 0 amide bonds. The highest BCUT2D eigenvalue weighted by atomic mass is 35.5. The van der Waals surface area contributed by atoms with Crippen LogP contribution in [0.4, 0.5) is 5.95 Å². The number of anilines is 1. The molecule has 32 heavy (non-hydrogen) atoms. The highest BCUT2D eigenvalue weighted by Gasteiger charge is 2.20. The van der Waals surface area contributed by atoms with E-state index in [1.165, 1.54) is 0 Å². The third kappa shape index (κ3) is 3.72. The summed E-state index contributed by atoms with van der Waals surface area (Å²) in [4.78, 5) is 31.0. The summed E-state index contributed by atoms with van der Waals surface area (Å²) >= 11 is 6.63. The van der Waals surface area contributed by atoms with Crippen LogP contribution in [0.1, 0.15) is 12.6 Å². The second-order valence-electron chi connectivity index (χ2n) is 7.70. The van der Waals surface area contributed by atoms with Crippen LogP contribution in [0.3, 0.4) is 0 Å². The molecule has 1 saturated heterocycles. The Bertz CT molecular complexity index is 1380. The minimum Gasteiger partial charge on any atom is -0.377 e. The number of hydrogen-bond acceptors (Lipinski definition) is 7. The fraction of sp³-hybridized carbons (Fsp3) is 0.261. The molecule has 0 atom stereocenters. The van der Waals surface area contributed by atoms with Gasteiger partial charge in [0.15, 0.2) is 0 Å². The van der Waals surface area contributed by atoms with Crippen molar-refractivity contribution in [2.75, 3.05) is 18.5 Å². The van der Waals surface area contributed by atoms with Crippen LogP contribution in [-0.4, -0.2) is 43.8 Å². The van der Waals surface area contributed by atoms with Gasteiger partial charge in [-0.25, -0.2) is 9.97 Å². The number of rotatable bonds is 5. The molecule has 1 N–H and O–H groups in total. The normalized spacial score (nSPS) is 13.8. The molecule has 0 bridgehead atoms. The zero-order valence-electron chi connectivity index (χ0n) is 17.7. The van der Waals surface area contributed by atoms with Gasteiger partial charge >= 0.3 is 0 Å². The van der Waals surface area contributed by atoms with Gasteiger partial charge in [-0.15, -0.1) is 0 Å². The Morgan fingerprint density at radius 2 is 2.00 bits per heavy atom. The van der Waals surface area contributed by atoms with Gasteiger partial charge in [0, 0.05) is 46.0 Å². The van der Waals surface area contributed by atoms with E-state index in [1.54, 1.807) is 29.2 Å². The summed E-state index contributed by atoms with van der Waals surface area (Å²) in [6.45, 7) is 5.53. The maximum absolute atomic E-state index is 13.3. The summed E-state index contributed by atoms with van der Waals surface area (Å²) in [6.07, 6.45) is 5.12. The van der Waals surface area contributed by atoms with Gasteiger partial charge in [0.2, 0.25) is 5.95 Å². The summed E-state index contributed by atoms with van der Waals surface area (Å²) in [5.74, 6) is 0.488. The minimum absolute atomic E-state index is 0.151. The summed E-state index contributed by atoms with van der Waals surface area (Å²) in [6, 6.07) is 7.55. The van der Waals surface area contributed by atoms with Gasteiger partial charge in [-0.2, -0.15) is 4.98 Å². The number of nitrogens with zero attached hydrogens (tertiary/aromatic N) is 5. The Balaban J connectivity index is 1.58. The summed E-state index contributed by atoms with van der Waals surface area (Å²) in [7, 11) is 0. The summed E-state index contributed by atoms with van der Waals surface area (Å²) in [5, 5.41) is 4.46. The maximum Gasteiger partial charge on any atom is 0.260 e. The van der Waals surface area contributed by atoms with Crippen molar-refractivity contribution in [3.8, 4) is 22.4 Å².